The molecule has 0 aliphatic rings. The number of alkyl halides is 1. The van der Waals surface area contributed by atoms with Crippen LogP contribution in [0.25, 0.3) is 0 Å². The summed E-state index contributed by atoms with van der Waals surface area (Å²) in [5.41, 5.74) is -1.86. The van der Waals surface area contributed by atoms with Crippen LogP contribution >= 0.6 is 0 Å². The summed E-state index contributed by atoms with van der Waals surface area (Å²) >= 11 is 0. The molecule has 92 valence electrons. The second kappa shape index (κ2) is 8.05. The average Bonchev–Trinajstić information content (AvgIpc) is 2.17. The number of rotatable bonds is 9. The highest BCUT2D eigenvalue weighted by molar-refractivity contribution is 7.87. The van der Waals surface area contributed by atoms with Crippen LogP contribution in [-0.2, 0) is 14.3 Å². The van der Waals surface area contributed by atoms with Crippen molar-refractivity contribution in [2.75, 3.05) is 6.61 Å². The molecule has 15 heavy (non-hydrogen) atoms. The smallest absolute Gasteiger partial charge is 0.268 e. The Hall–Kier alpha value is -0.160. The van der Waals surface area contributed by atoms with Gasteiger partial charge in [-0.05, 0) is 19.8 Å². The highest BCUT2D eigenvalue weighted by Crippen LogP contribution is 2.15. The molecule has 0 saturated heterocycles. The van der Waals surface area contributed by atoms with E-state index in [1.54, 1.807) is 0 Å². The second-order valence-corrected chi connectivity index (χ2v) is 5.25. The van der Waals surface area contributed by atoms with E-state index in [0.29, 0.717) is 6.42 Å². The van der Waals surface area contributed by atoms with E-state index >= 15 is 0 Å². The number of hydrogen-bond acceptors (Lipinski definition) is 3. The standard InChI is InChI=1S/C10H21FO3S/c1-3-5-6-7-8-9-10(11)15(12,13)14-4-2/h10H,3-9H2,1-2H3. The van der Waals surface area contributed by atoms with Crippen LogP contribution in [-0.4, -0.2) is 20.5 Å². The summed E-state index contributed by atoms with van der Waals surface area (Å²) < 4.78 is 39.6. The lowest BCUT2D eigenvalue weighted by atomic mass is 10.1. The van der Waals surface area contributed by atoms with E-state index in [9.17, 15) is 12.8 Å². The van der Waals surface area contributed by atoms with Crippen LogP contribution in [0.1, 0.15) is 52.4 Å². The zero-order valence-electron chi connectivity index (χ0n) is 9.54. The maximum Gasteiger partial charge on any atom is 0.299 e. The number of halogens is 1. The Balaban J connectivity index is 3.69. The quantitative estimate of drug-likeness (QED) is 0.459. The molecule has 0 N–H and O–H groups in total. The molecule has 0 amide bonds. The Morgan fingerprint density at radius 1 is 1.13 bits per heavy atom. The van der Waals surface area contributed by atoms with Gasteiger partial charge in [0.05, 0.1) is 6.61 Å². The fourth-order valence-electron chi connectivity index (χ4n) is 1.29. The molecule has 0 heterocycles. The summed E-state index contributed by atoms with van der Waals surface area (Å²) in [6.07, 6.45) is 4.82. The molecule has 0 aromatic carbocycles. The summed E-state index contributed by atoms with van der Waals surface area (Å²) in [4.78, 5) is 0. The molecule has 0 aromatic rings. The number of unbranched alkanes of at least 4 members (excludes halogenated alkanes) is 4. The molecule has 0 bridgehead atoms. The summed E-state index contributed by atoms with van der Waals surface area (Å²) in [7, 11) is -3.97. The van der Waals surface area contributed by atoms with Crippen molar-refractivity contribution in [1.29, 1.82) is 0 Å². The minimum Gasteiger partial charge on any atom is -0.268 e. The molecule has 0 radical (unpaired) electrons. The van der Waals surface area contributed by atoms with Crippen LogP contribution in [0, 0.1) is 0 Å². The third-order valence-corrected chi connectivity index (χ3v) is 3.56. The van der Waals surface area contributed by atoms with Crippen molar-refractivity contribution in [2.45, 2.75) is 57.9 Å². The summed E-state index contributed by atoms with van der Waals surface area (Å²) in [5, 5.41) is 0. The summed E-state index contributed by atoms with van der Waals surface area (Å²) in [6.45, 7) is 3.63. The van der Waals surface area contributed by atoms with Gasteiger partial charge in [0.15, 0.2) is 0 Å². The molecule has 0 aliphatic heterocycles. The van der Waals surface area contributed by atoms with Crippen LogP contribution in [0.4, 0.5) is 4.39 Å². The minimum absolute atomic E-state index is 0.00140. The topological polar surface area (TPSA) is 43.4 Å². The van der Waals surface area contributed by atoms with Gasteiger partial charge in [-0.3, -0.25) is 4.18 Å². The molecule has 0 spiro atoms. The fourth-order valence-corrected chi connectivity index (χ4v) is 2.22. The predicted molar refractivity (Wildman–Crippen MR) is 58.8 cm³/mol. The van der Waals surface area contributed by atoms with E-state index in [1.165, 1.54) is 6.92 Å². The van der Waals surface area contributed by atoms with E-state index in [2.05, 4.69) is 11.1 Å². The van der Waals surface area contributed by atoms with Gasteiger partial charge in [0, 0.05) is 0 Å². The first kappa shape index (κ1) is 14.8. The molecule has 0 rings (SSSR count). The monoisotopic (exact) mass is 240 g/mol. The Bertz CT molecular complexity index is 239. The van der Waals surface area contributed by atoms with E-state index in [1.807, 2.05) is 0 Å². The van der Waals surface area contributed by atoms with E-state index in [-0.39, 0.29) is 13.0 Å². The van der Waals surface area contributed by atoms with Crippen LogP contribution in [0.5, 0.6) is 0 Å². The normalized spacial score (nSPS) is 14.1. The molecule has 3 nitrogen and oxygen atoms in total. The largest absolute Gasteiger partial charge is 0.299 e. The Morgan fingerprint density at radius 3 is 2.27 bits per heavy atom. The minimum atomic E-state index is -3.97. The molecule has 0 aromatic heterocycles. The second-order valence-electron chi connectivity index (χ2n) is 3.51. The van der Waals surface area contributed by atoms with Crippen molar-refractivity contribution in [3.63, 3.8) is 0 Å². The maximum absolute atomic E-state index is 13.2. The summed E-state index contributed by atoms with van der Waals surface area (Å²) in [6, 6.07) is 0. The van der Waals surface area contributed by atoms with E-state index in [0.717, 1.165) is 25.7 Å². The van der Waals surface area contributed by atoms with Gasteiger partial charge in [0.25, 0.3) is 10.1 Å². The third-order valence-electron chi connectivity index (χ3n) is 2.13. The first-order valence-electron chi connectivity index (χ1n) is 5.57. The zero-order valence-corrected chi connectivity index (χ0v) is 10.4. The van der Waals surface area contributed by atoms with Gasteiger partial charge < -0.3 is 0 Å². The van der Waals surface area contributed by atoms with Crippen molar-refractivity contribution in [3.05, 3.63) is 0 Å². The summed E-state index contributed by atoms with van der Waals surface area (Å²) in [5.74, 6) is 0. The van der Waals surface area contributed by atoms with Crippen molar-refractivity contribution in [1.82, 2.24) is 0 Å². The third kappa shape index (κ3) is 6.84. The molecule has 1 unspecified atom stereocenters. The van der Waals surface area contributed by atoms with Crippen molar-refractivity contribution >= 4 is 10.1 Å². The molecule has 1 atom stereocenters. The molecule has 5 heteroatoms. The van der Waals surface area contributed by atoms with Crippen LogP contribution < -0.4 is 0 Å². The van der Waals surface area contributed by atoms with Gasteiger partial charge in [-0.1, -0.05) is 32.6 Å². The molecule has 0 saturated carbocycles. The first-order valence-corrected chi connectivity index (χ1v) is 7.04. The first-order chi connectivity index (χ1) is 7.04. The van der Waals surface area contributed by atoms with Crippen LogP contribution in [0.15, 0.2) is 0 Å². The van der Waals surface area contributed by atoms with Crippen molar-refractivity contribution < 1.29 is 17.0 Å². The fraction of sp³-hybridized carbons (Fsp3) is 1.00. The van der Waals surface area contributed by atoms with Crippen LogP contribution in [0.3, 0.4) is 0 Å². The van der Waals surface area contributed by atoms with Gasteiger partial charge in [-0.15, -0.1) is 0 Å². The highest BCUT2D eigenvalue weighted by Gasteiger charge is 2.24. The van der Waals surface area contributed by atoms with Gasteiger partial charge in [0.2, 0.25) is 5.50 Å². The van der Waals surface area contributed by atoms with Crippen molar-refractivity contribution in [3.8, 4) is 0 Å². The lowest BCUT2D eigenvalue weighted by Crippen LogP contribution is -2.19. The van der Waals surface area contributed by atoms with Crippen LogP contribution in [0.2, 0.25) is 0 Å². The Kier molecular flexibility index (Phi) is 7.96. The Labute approximate surface area is 92.1 Å². The number of hydrogen-bond donors (Lipinski definition) is 0. The zero-order chi connectivity index (χ0) is 11.7. The van der Waals surface area contributed by atoms with Gasteiger partial charge in [0.1, 0.15) is 0 Å². The SMILES string of the molecule is CCCCCCCC(F)S(=O)(=O)OCC. The lowest BCUT2D eigenvalue weighted by molar-refractivity contribution is 0.289. The molecule has 0 aliphatic carbocycles. The van der Waals surface area contributed by atoms with Crippen molar-refractivity contribution in [2.24, 2.45) is 0 Å². The molecular formula is C10H21FO3S. The average molecular weight is 240 g/mol. The maximum atomic E-state index is 13.2. The Morgan fingerprint density at radius 2 is 1.73 bits per heavy atom. The van der Waals surface area contributed by atoms with Gasteiger partial charge in [-0.2, -0.15) is 8.42 Å². The van der Waals surface area contributed by atoms with Gasteiger partial charge in [-0.25, -0.2) is 4.39 Å². The molecular weight excluding hydrogens is 219 g/mol. The van der Waals surface area contributed by atoms with E-state index < -0.39 is 15.6 Å². The van der Waals surface area contributed by atoms with Gasteiger partial charge >= 0.3 is 0 Å². The predicted octanol–water partition coefficient (Wildman–Crippen LogP) is 3.01. The molecule has 0 fully saturated rings. The lowest BCUT2D eigenvalue weighted by Gasteiger charge is -2.08. The highest BCUT2D eigenvalue weighted by atomic mass is 32.2. The van der Waals surface area contributed by atoms with E-state index in [4.69, 9.17) is 0 Å².